The molecular weight excluding hydrogens is 352 g/mol. The van der Waals surface area contributed by atoms with Gasteiger partial charge in [-0.1, -0.05) is 0 Å². The molecule has 1 fully saturated rings. The Kier molecular flexibility index (Phi) is 7.09. The molecule has 7 nitrogen and oxygen atoms in total. The largest absolute Gasteiger partial charge is 0.499 e. The maximum atomic E-state index is 11.6. The highest BCUT2D eigenvalue weighted by molar-refractivity contribution is 5.90. The molecule has 0 aromatic carbocycles. The summed E-state index contributed by atoms with van der Waals surface area (Å²) in [4.78, 5) is 11.6. The topological polar surface area (TPSA) is 83.5 Å². The van der Waals surface area contributed by atoms with Crippen LogP contribution < -0.4 is 0 Å². The molecule has 3 rings (SSSR count). The Balaban J connectivity index is 1.89. The summed E-state index contributed by atoms with van der Waals surface area (Å²) in [5.41, 5.74) is 1.03. The summed E-state index contributed by atoms with van der Waals surface area (Å²) in [5, 5.41) is 9.54. The summed E-state index contributed by atoms with van der Waals surface area (Å²) in [5.74, 6) is -0.237. The summed E-state index contributed by atoms with van der Waals surface area (Å²) >= 11 is 0. The van der Waals surface area contributed by atoms with E-state index in [1.54, 1.807) is 12.2 Å². The lowest BCUT2D eigenvalue weighted by atomic mass is 9.85. The minimum Gasteiger partial charge on any atom is -0.499 e. The average Bonchev–Trinajstić information content (AvgIpc) is 2.65. The second-order valence-electron chi connectivity index (χ2n) is 6.69. The fourth-order valence-electron chi connectivity index (χ4n) is 3.17. The third-order valence-electron chi connectivity index (χ3n) is 4.52. The Labute approximate surface area is 158 Å². The Bertz CT molecular complexity index is 647. The van der Waals surface area contributed by atoms with E-state index >= 15 is 0 Å². The summed E-state index contributed by atoms with van der Waals surface area (Å²) in [6.45, 7) is 4.77. The van der Waals surface area contributed by atoms with Gasteiger partial charge >= 0.3 is 5.97 Å². The molecule has 2 aliphatic heterocycles. The molecule has 148 valence electrons. The molecule has 1 aliphatic carbocycles. The van der Waals surface area contributed by atoms with Crippen molar-refractivity contribution in [3.63, 3.8) is 0 Å². The monoisotopic (exact) mass is 378 g/mol. The highest BCUT2D eigenvalue weighted by atomic mass is 16.6. The standard InChI is InChI=1S/C20H26O7/c1-14-12-26-18-11-17-13-25-8-7-24-6-5-23-4-2-3-15(20(21)22)9-16(17)10-19(18)27-14/h2-4,9-10,14,17-18H,5-8,11-13H2,1H3,(H,21,22)/b4-2-,15-3+,16-9-. The van der Waals surface area contributed by atoms with Crippen LogP contribution in [0.5, 0.6) is 0 Å². The van der Waals surface area contributed by atoms with E-state index in [1.807, 2.05) is 13.0 Å². The van der Waals surface area contributed by atoms with Gasteiger partial charge in [0.05, 0.1) is 44.9 Å². The molecule has 27 heavy (non-hydrogen) atoms. The fraction of sp³-hybridized carbons (Fsp3) is 0.550. The summed E-state index contributed by atoms with van der Waals surface area (Å²) in [6.07, 6.45) is 8.67. The van der Waals surface area contributed by atoms with Gasteiger partial charge in [-0.3, -0.25) is 0 Å². The van der Waals surface area contributed by atoms with Crippen LogP contribution in [0.1, 0.15) is 13.3 Å². The van der Waals surface area contributed by atoms with Gasteiger partial charge in [-0.25, -0.2) is 4.79 Å². The quantitative estimate of drug-likeness (QED) is 0.749. The Morgan fingerprint density at radius 1 is 1.11 bits per heavy atom. The zero-order valence-corrected chi connectivity index (χ0v) is 15.5. The van der Waals surface area contributed by atoms with Crippen LogP contribution in [0.25, 0.3) is 0 Å². The predicted molar refractivity (Wildman–Crippen MR) is 97.0 cm³/mol. The third-order valence-corrected chi connectivity index (χ3v) is 4.52. The zero-order valence-electron chi connectivity index (χ0n) is 15.5. The Morgan fingerprint density at radius 2 is 1.93 bits per heavy atom. The molecule has 0 spiro atoms. The van der Waals surface area contributed by atoms with E-state index in [1.165, 1.54) is 12.3 Å². The lowest BCUT2D eigenvalue weighted by Crippen LogP contribution is -2.37. The SMILES string of the molecule is CC1COC2CC3COCCOCCO\C=C/C=C(C(=O)O)\C=C/3C=C2O1. The van der Waals surface area contributed by atoms with E-state index in [0.717, 1.165) is 11.3 Å². The van der Waals surface area contributed by atoms with Crippen LogP contribution in [0.3, 0.4) is 0 Å². The maximum Gasteiger partial charge on any atom is 0.335 e. The van der Waals surface area contributed by atoms with Gasteiger partial charge in [-0.05, 0) is 43.2 Å². The molecule has 1 saturated heterocycles. The van der Waals surface area contributed by atoms with Crippen LogP contribution in [0.15, 0.2) is 47.5 Å². The highest BCUT2D eigenvalue weighted by Crippen LogP contribution is 2.35. The van der Waals surface area contributed by atoms with E-state index in [-0.39, 0.29) is 23.7 Å². The number of allylic oxidation sites excluding steroid dienone is 3. The maximum absolute atomic E-state index is 11.6. The summed E-state index contributed by atoms with van der Waals surface area (Å²) in [7, 11) is 0. The minimum absolute atomic E-state index is 0.0175. The number of aliphatic carboxylic acids is 1. The number of rotatable bonds is 1. The number of carboxylic acid groups (broad SMARTS) is 1. The van der Waals surface area contributed by atoms with E-state index in [0.29, 0.717) is 46.1 Å². The van der Waals surface area contributed by atoms with Gasteiger partial charge in [0.2, 0.25) is 0 Å². The molecule has 0 aromatic heterocycles. The summed E-state index contributed by atoms with van der Waals surface area (Å²) in [6, 6.07) is 0. The van der Waals surface area contributed by atoms with E-state index in [4.69, 9.17) is 23.7 Å². The minimum atomic E-state index is -1.01. The Hall–Kier alpha value is -2.09. The smallest absolute Gasteiger partial charge is 0.335 e. The normalized spacial score (nSPS) is 35.0. The Morgan fingerprint density at radius 3 is 2.78 bits per heavy atom. The van der Waals surface area contributed by atoms with Crippen LogP contribution in [-0.2, 0) is 28.5 Å². The first kappa shape index (κ1) is 19.7. The predicted octanol–water partition coefficient (Wildman–Crippen LogP) is 2.21. The lowest BCUT2D eigenvalue weighted by Gasteiger charge is -2.37. The molecule has 1 N–H and O–H groups in total. The van der Waals surface area contributed by atoms with Gasteiger partial charge < -0.3 is 28.8 Å². The first-order chi connectivity index (χ1) is 13.1. The second-order valence-corrected chi connectivity index (χ2v) is 6.69. The van der Waals surface area contributed by atoms with E-state index < -0.39 is 5.97 Å². The van der Waals surface area contributed by atoms with Crippen molar-refractivity contribution in [1.82, 2.24) is 0 Å². The second kappa shape index (κ2) is 9.73. The van der Waals surface area contributed by atoms with Crippen molar-refractivity contribution in [3.8, 4) is 0 Å². The van der Waals surface area contributed by atoms with Crippen LogP contribution in [-0.4, -0.2) is 62.9 Å². The van der Waals surface area contributed by atoms with Gasteiger partial charge in [-0.2, -0.15) is 0 Å². The number of hydrogen-bond acceptors (Lipinski definition) is 6. The van der Waals surface area contributed by atoms with Crippen molar-refractivity contribution in [1.29, 1.82) is 0 Å². The van der Waals surface area contributed by atoms with Crippen molar-refractivity contribution in [2.24, 2.45) is 5.92 Å². The van der Waals surface area contributed by atoms with Crippen LogP contribution in [0.4, 0.5) is 0 Å². The van der Waals surface area contributed by atoms with Crippen molar-refractivity contribution < 1.29 is 33.6 Å². The van der Waals surface area contributed by atoms with Gasteiger partial charge in [0.25, 0.3) is 0 Å². The van der Waals surface area contributed by atoms with Gasteiger partial charge in [0.15, 0.2) is 0 Å². The van der Waals surface area contributed by atoms with Crippen LogP contribution in [0, 0.1) is 5.92 Å². The van der Waals surface area contributed by atoms with Crippen LogP contribution in [0.2, 0.25) is 0 Å². The molecule has 7 heteroatoms. The van der Waals surface area contributed by atoms with Gasteiger partial charge in [0.1, 0.15) is 24.6 Å². The number of carboxylic acids is 1. The van der Waals surface area contributed by atoms with Crippen molar-refractivity contribution in [2.45, 2.75) is 25.6 Å². The molecule has 0 amide bonds. The van der Waals surface area contributed by atoms with Gasteiger partial charge in [-0.15, -0.1) is 0 Å². The van der Waals surface area contributed by atoms with Crippen molar-refractivity contribution in [2.75, 3.05) is 39.6 Å². The molecule has 2 heterocycles. The molecule has 0 aromatic rings. The van der Waals surface area contributed by atoms with Crippen molar-refractivity contribution >= 4 is 5.97 Å². The first-order valence-electron chi connectivity index (χ1n) is 9.22. The van der Waals surface area contributed by atoms with E-state index in [9.17, 15) is 9.90 Å². The van der Waals surface area contributed by atoms with Crippen molar-refractivity contribution in [3.05, 3.63) is 47.5 Å². The summed E-state index contributed by atoms with van der Waals surface area (Å²) < 4.78 is 28.3. The van der Waals surface area contributed by atoms with Crippen LogP contribution >= 0.6 is 0 Å². The molecule has 3 aliphatic rings. The lowest BCUT2D eigenvalue weighted by molar-refractivity contribution is -0.132. The third kappa shape index (κ3) is 5.69. The molecule has 0 radical (unpaired) electrons. The van der Waals surface area contributed by atoms with E-state index in [2.05, 4.69) is 0 Å². The number of ether oxygens (including phenoxy) is 5. The molecule has 0 saturated carbocycles. The number of carbonyl (C=O) groups is 1. The average molecular weight is 378 g/mol. The molecule has 0 bridgehead atoms. The fourth-order valence-corrected chi connectivity index (χ4v) is 3.17. The molecule has 3 unspecified atom stereocenters. The number of hydrogen-bond donors (Lipinski definition) is 1. The molecular formula is C20H26O7. The highest BCUT2D eigenvalue weighted by Gasteiger charge is 2.33. The van der Waals surface area contributed by atoms with Gasteiger partial charge in [0, 0.05) is 5.92 Å². The first-order valence-corrected chi connectivity index (χ1v) is 9.22. The zero-order chi connectivity index (χ0) is 19.1. The molecule has 3 atom stereocenters. The number of fused-ring (bicyclic) bond motifs is 2.